The Morgan fingerprint density at radius 3 is 2.43 bits per heavy atom. The molecule has 0 fully saturated rings. The molecule has 1 rings (SSSR count). The van der Waals surface area contributed by atoms with E-state index in [0.717, 1.165) is 4.90 Å². The SMILES string of the molecule is CCOC(=O)[C@](C)(Sc1ccccc1)[C@H](O)COC(C)=O. The third-order valence-electron chi connectivity index (χ3n) is 2.83. The van der Waals surface area contributed by atoms with Gasteiger partial charge in [-0.1, -0.05) is 18.2 Å². The van der Waals surface area contributed by atoms with Gasteiger partial charge in [-0.25, -0.2) is 0 Å². The van der Waals surface area contributed by atoms with Gasteiger partial charge < -0.3 is 14.6 Å². The van der Waals surface area contributed by atoms with Crippen LogP contribution >= 0.6 is 11.8 Å². The van der Waals surface area contributed by atoms with Crippen molar-refractivity contribution < 1.29 is 24.2 Å². The molecule has 116 valence electrons. The van der Waals surface area contributed by atoms with Crippen LogP contribution in [-0.2, 0) is 19.1 Å². The van der Waals surface area contributed by atoms with Crippen LogP contribution in [0.5, 0.6) is 0 Å². The van der Waals surface area contributed by atoms with Gasteiger partial charge in [-0.3, -0.25) is 9.59 Å². The quantitative estimate of drug-likeness (QED) is 0.613. The summed E-state index contributed by atoms with van der Waals surface area (Å²) in [5, 5.41) is 10.3. The van der Waals surface area contributed by atoms with Crippen molar-refractivity contribution in [3.8, 4) is 0 Å². The van der Waals surface area contributed by atoms with Crippen LogP contribution in [0.3, 0.4) is 0 Å². The van der Waals surface area contributed by atoms with Crippen molar-refractivity contribution in [1.29, 1.82) is 0 Å². The molecule has 1 aromatic carbocycles. The number of hydrogen-bond acceptors (Lipinski definition) is 6. The fourth-order valence-corrected chi connectivity index (χ4v) is 2.74. The summed E-state index contributed by atoms with van der Waals surface area (Å²) in [5.41, 5.74) is 0. The number of rotatable bonds is 7. The molecule has 0 heterocycles. The predicted octanol–water partition coefficient (Wildman–Crippen LogP) is 2.02. The molecule has 0 unspecified atom stereocenters. The van der Waals surface area contributed by atoms with Crippen molar-refractivity contribution in [2.24, 2.45) is 0 Å². The van der Waals surface area contributed by atoms with Crippen LogP contribution in [0, 0.1) is 0 Å². The van der Waals surface area contributed by atoms with E-state index < -0.39 is 22.8 Å². The molecule has 0 spiro atoms. The molecule has 0 amide bonds. The zero-order valence-electron chi connectivity index (χ0n) is 12.4. The summed E-state index contributed by atoms with van der Waals surface area (Å²) >= 11 is 1.18. The van der Waals surface area contributed by atoms with E-state index in [1.807, 2.05) is 30.3 Å². The highest BCUT2D eigenvalue weighted by molar-refractivity contribution is 8.01. The average molecular weight is 312 g/mol. The van der Waals surface area contributed by atoms with Gasteiger partial charge in [-0.15, -0.1) is 11.8 Å². The first kappa shape index (κ1) is 17.5. The summed E-state index contributed by atoms with van der Waals surface area (Å²) in [6.45, 7) is 4.48. The van der Waals surface area contributed by atoms with Crippen LogP contribution in [0.25, 0.3) is 0 Å². The molecule has 0 radical (unpaired) electrons. The first-order valence-electron chi connectivity index (χ1n) is 6.63. The van der Waals surface area contributed by atoms with Crippen LogP contribution in [-0.4, -0.2) is 41.1 Å². The Morgan fingerprint density at radius 2 is 1.90 bits per heavy atom. The maximum Gasteiger partial charge on any atom is 0.325 e. The summed E-state index contributed by atoms with van der Waals surface area (Å²) in [5.74, 6) is -1.05. The van der Waals surface area contributed by atoms with E-state index in [9.17, 15) is 14.7 Å². The number of thioether (sulfide) groups is 1. The van der Waals surface area contributed by atoms with Crippen molar-refractivity contribution in [3.05, 3.63) is 30.3 Å². The Hall–Kier alpha value is -1.53. The molecule has 0 aromatic heterocycles. The van der Waals surface area contributed by atoms with E-state index in [4.69, 9.17) is 9.47 Å². The fraction of sp³-hybridized carbons (Fsp3) is 0.467. The maximum absolute atomic E-state index is 12.2. The Morgan fingerprint density at radius 1 is 1.29 bits per heavy atom. The second kappa shape index (κ2) is 8.05. The topological polar surface area (TPSA) is 72.8 Å². The average Bonchev–Trinajstić information content (AvgIpc) is 2.45. The lowest BCUT2D eigenvalue weighted by molar-refractivity contribution is -0.154. The minimum absolute atomic E-state index is 0.212. The van der Waals surface area contributed by atoms with Gasteiger partial charge in [0.25, 0.3) is 0 Å². The van der Waals surface area contributed by atoms with Crippen molar-refractivity contribution in [2.75, 3.05) is 13.2 Å². The molecule has 5 nitrogen and oxygen atoms in total. The second-order valence-corrected chi connectivity index (χ2v) is 6.08. The number of aliphatic hydroxyl groups is 1. The summed E-state index contributed by atoms with van der Waals surface area (Å²) in [4.78, 5) is 23.9. The van der Waals surface area contributed by atoms with Crippen LogP contribution in [0.4, 0.5) is 0 Å². The summed E-state index contributed by atoms with van der Waals surface area (Å²) in [6, 6.07) is 9.21. The van der Waals surface area contributed by atoms with Gasteiger partial charge in [-0.2, -0.15) is 0 Å². The van der Waals surface area contributed by atoms with Crippen LogP contribution < -0.4 is 0 Å². The number of benzene rings is 1. The molecule has 21 heavy (non-hydrogen) atoms. The van der Waals surface area contributed by atoms with Crippen molar-refractivity contribution in [3.63, 3.8) is 0 Å². The zero-order chi connectivity index (χ0) is 15.9. The first-order valence-corrected chi connectivity index (χ1v) is 7.44. The Labute approximate surface area is 128 Å². The molecule has 1 aromatic rings. The third-order valence-corrected chi connectivity index (χ3v) is 4.20. The van der Waals surface area contributed by atoms with Gasteiger partial charge in [0.05, 0.1) is 6.61 Å². The number of aliphatic hydroxyl groups excluding tert-OH is 1. The highest BCUT2D eigenvalue weighted by Gasteiger charge is 2.44. The predicted molar refractivity (Wildman–Crippen MR) is 80.0 cm³/mol. The van der Waals surface area contributed by atoms with Gasteiger partial charge in [0, 0.05) is 11.8 Å². The highest BCUT2D eigenvalue weighted by atomic mass is 32.2. The second-order valence-electron chi connectivity index (χ2n) is 4.56. The molecular weight excluding hydrogens is 292 g/mol. The van der Waals surface area contributed by atoms with Crippen LogP contribution in [0.15, 0.2) is 35.2 Å². The van der Waals surface area contributed by atoms with E-state index in [-0.39, 0.29) is 13.2 Å². The molecule has 1 N–H and O–H groups in total. The lowest BCUT2D eigenvalue weighted by atomic mass is 10.0. The number of ether oxygens (including phenoxy) is 2. The summed E-state index contributed by atoms with van der Waals surface area (Å²) < 4.78 is 8.60. The maximum atomic E-state index is 12.2. The van der Waals surface area contributed by atoms with E-state index in [2.05, 4.69) is 0 Å². The third kappa shape index (κ3) is 5.06. The van der Waals surface area contributed by atoms with E-state index >= 15 is 0 Å². The monoisotopic (exact) mass is 312 g/mol. The molecule has 0 saturated carbocycles. The standard InChI is InChI=1S/C15H20O5S/c1-4-19-14(18)15(3,13(17)10-20-11(2)16)21-12-8-6-5-7-9-12/h5-9,13,17H,4,10H2,1-3H3/t13-,15-/m1/s1. The molecule has 0 saturated heterocycles. The van der Waals surface area contributed by atoms with Crippen molar-refractivity contribution in [1.82, 2.24) is 0 Å². The van der Waals surface area contributed by atoms with E-state index in [0.29, 0.717) is 0 Å². The minimum atomic E-state index is -1.26. The van der Waals surface area contributed by atoms with Crippen molar-refractivity contribution >= 4 is 23.7 Å². The largest absolute Gasteiger partial charge is 0.465 e. The lowest BCUT2D eigenvalue weighted by Gasteiger charge is -2.31. The fourth-order valence-electron chi connectivity index (χ4n) is 1.61. The lowest BCUT2D eigenvalue weighted by Crippen LogP contribution is -2.47. The molecular formula is C15H20O5S. The molecule has 0 bridgehead atoms. The number of carbonyl (C=O) groups excluding carboxylic acids is 2. The van der Waals surface area contributed by atoms with Gasteiger partial charge in [0.1, 0.15) is 17.5 Å². The highest BCUT2D eigenvalue weighted by Crippen LogP contribution is 2.36. The Kier molecular flexibility index (Phi) is 6.71. The summed E-state index contributed by atoms with van der Waals surface area (Å²) in [7, 11) is 0. The molecule has 2 atom stereocenters. The van der Waals surface area contributed by atoms with Crippen LogP contribution in [0.2, 0.25) is 0 Å². The van der Waals surface area contributed by atoms with Gasteiger partial charge in [0.2, 0.25) is 0 Å². The molecule has 0 aliphatic heterocycles. The first-order chi connectivity index (χ1) is 9.90. The number of carbonyl (C=O) groups is 2. The number of hydrogen-bond donors (Lipinski definition) is 1. The van der Waals surface area contributed by atoms with Crippen molar-refractivity contribution in [2.45, 2.75) is 36.5 Å². The van der Waals surface area contributed by atoms with E-state index in [1.165, 1.54) is 18.7 Å². The normalized spacial score (nSPS) is 14.9. The molecule has 6 heteroatoms. The zero-order valence-corrected chi connectivity index (χ0v) is 13.2. The van der Waals surface area contributed by atoms with E-state index in [1.54, 1.807) is 13.8 Å². The van der Waals surface area contributed by atoms with Gasteiger partial charge in [0.15, 0.2) is 0 Å². The Balaban J connectivity index is 2.93. The minimum Gasteiger partial charge on any atom is -0.465 e. The Bertz CT molecular complexity index is 476. The van der Waals surface area contributed by atoms with Crippen LogP contribution in [0.1, 0.15) is 20.8 Å². The smallest absolute Gasteiger partial charge is 0.325 e. The van der Waals surface area contributed by atoms with Gasteiger partial charge in [-0.05, 0) is 26.0 Å². The van der Waals surface area contributed by atoms with Gasteiger partial charge >= 0.3 is 11.9 Å². The molecule has 0 aliphatic carbocycles. The summed E-state index contributed by atoms with van der Waals surface area (Å²) in [6.07, 6.45) is -1.18. The molecule has 0 aliphatic rings. The number of esters is 2.